The fourth-order valence-electron chi connectivity index (χ4n) is 6.56. The smallest absolute Gasteiger partial charge is 0.241 e. The van der Waals surface area contributed by atoms with E-state index < -0.39 is 0 Å². The predicted octanol–water partition coefficient (Wildman–Crippen LogP) is 5.01. The number of hydrogen-bond acceptors (Lipinski definition) is 2. The maximum atomic E-state index is 13.3. The average molecular weight is 369 g/mol. The van der Waals surface area contributed by atoms with Gasteiger partial charge in [0.05, 0.1) is 6.54 Å². The lowest BCUT2D eigenvalue weighted by Gasteiger charge is -2.40. The van der Waals surface area contributed by atoms with Crippen molar-refractivity contribution >= 4 is 11.6 Å². The molecule has 0 spiro atoms. The molecule has 0 saturated heterocycles. The Bertz CT molecular complexity index is 648. The molecule has 0 heterocycles. The molecule has 1 N–H and O–H groups in total. The third-order valence-electron chi connectivity index (χ3n) is 7.79. The molecule has 3 saturated carbocycles. The number of rotatable bonds is 5. The number of carbonyl (C=O) groups excluding carboxylic acids is 1. The molecular formula is C24H36N2O. The molecule has 3 aliphatic carbocycles. The fraction of sp³-hybridized carbons (Fsp3) is 0.708. The lowest BCUT2D eigenvalue weighted by molar-refractivity contribution is -0.118. The van der Waals surface area contributed by atoms with Crippen LogP contribution in [0.25, 0.3) is 0 Å². The molecule has 4 rings (SSSR count). The molecule has 3 aliphatic rings. The predicted molar refractivity (Wildman–Crippen MR) is 112 cm³/mol. The lowest BCUT2D eigenvalue weighted by Crippen LogP contribution is -2.50. The van der Waals surface area contributed by atoms with Crippen molar-refractivity contribution < 1.29 is 4.79 Å². The zero-order chi connectivity index (χ0) is 19.0. The van der Waals surface area contributed by atoms with Crippen LogP contribution in [0.3, 0.4) is 0 Å². The normalized spacial score (nSPS) is 32.6. The number of benzene rings is 1. The van der Waals surface area contributed by atoms with E-state index in [1.807, 2.05) is 18.2 Å². The van der Waals surface area contributed by atoms with Crippen molar-refractivity contribution in [3.63, 3.8) is 0 Å². The summed E-state index contributed by atoms with van der Waals surface area (Å²) >= 11 is 0. The van der Waals surface area contributed by atoms with Crippen molar-refractivity contribution in [1.82, 2.24) is 5.32 Å². The van der Waals surface area contributed by atoms with Crippen LogP contribution in [-0.4, -0.2) is 24.5 Å². The van der Waals surface area contributed by atoms with Gasteiger partial charge in [0.15, 0.2) is 0 Å². The zero-order valence-corrected chi connectivity index (χ0v) is 17.3. The molecule has 4 atom stereocenters. The van der Waals surface area contributed by atoms with Crippen molar-refractivity contribution in [2.75, 3.05) is 11.4 Å². The minimum absolute atomic E-state index is 0.252. The summed E-state index contributed by atoms with van der Waals surface area (Å²) in [4.78, 5) is 15.4. The largest absolute Gasteiger partial charge is 0.308 e. The van der Waals surface area contributed by atoms with Crippen LogP contribution in [0.4, 0.5) is 5.69 Å². The Labute approximate surface area is 164 Å². The summed E-state index contributed by atoms with van der Waals surface area (Å²) in [5.41, 5.74) is 1.54. The molecule has 1 unspecified atom stereocenters. The second-order valence-corrected chi connectivity index (χ2v) is 9.95. The van der Waals surface area contributed by atoms with Gasteiger partial charge in [0, 0.05) is 17.8 Å². The first-order valence-electron chi connectivity index (χ1n) is 11.1. The molecule has 27 heavy (non-hydrogen) atoms. The van der Waals surface area contributed by atoms with Gasteiger partial charge >= 0.3 is 0 Å². The van der Waals surface area contributed by atoms with E-state index in [-0.39, 0.29) is 5.91 Å². The van der Waals surface area contributed by atoms with E-state index in [4.69, 9.17) is 0 Å². The van der Waals surface area contributed by atoms with Crippen LogP contribution < -0.4 is 10.2 Å². The highest BCUT2D eigenvalue weighted by Gasteiger charge is 2.54. The molecule has 3 fully saturated rings. The molecule has 3 heteroatoms. The van der Waals surface area contributed by atoms with Crippen molar-refractivity contribution in [2.24, 2.45) is 23.2 Å². The van der Waals surface area contributed by atoms with E-state index in [1.54, 1.807) is 0 Å². The minimum atomic E-state index is 0.252. The van der Waals surface area contributed by atoms with E-state index in [0.29, 0.717) is 30.0 Å². The van der Waals surface area contributed by atoms with Gasteiger partial charge in [0.1, 0.15) is 0 Å². The van der Waals surface area contributed by atoms with Gasteiger partial charge in [-0.05, 0) is 61.0 Å². The van der Waals surface area contributed by atoms with Crippen LogP contribution in [0.5, 0.6) is 0 Å². The molecule has 3 nitrogen and oxygen atoms in total. The summed E-state index contributed by atoms with van der Waals surface area (Å²) in [6, 6.07) is 11.2. The number of nitrogens with one attached hydrogen (secondary N) is 1. The highest BCUT2D eigenvalue weighted by molar-refractivity contribution is 5.95. The highest BCUT2D eigenvalue weighted by Crippen LogP contribution is 2.58. The minimum Gasteiger partial charge on any atom is -0.308 e. The SMILES string of the molecule is C[C@H]1C(NCC(=O)N(c2ccccc2)C2CCCCC2)[C@H]2C[C@@H]1C(C)(C)C2. The number of hydrogen-bond donors (Lipinski definition) is 1. The van der Waals surface area contributed by atoms with E-state index in [9.17, 15) is 4.79 Å². The summed E-state index contributed by atoms with van der Waals surface area (Å²) in [5, 5.41) is 3.70. The number of anilines is 1. The third kappa shape index (κ3) is 3.68. The van der Waals surface area contributed by atoms with E-state index in [0.717, 1.165) is 30.4 Å². The lowest BCUT2D eigenvalue weighted by atomic mass is 9.70. The highest BCUT2D eigenvalue weighted by atomic mass is 16.2. The van der Waals surface area contributed by atoms with Crippen molar-refractivity contribution in [3.8, 4) is 0 Å². The van der Waals surface area contributed by atoms with Crippen LogP contribution in [0.2, 0.25) is 0 Å². The second kappa shape index (κ2) is 7.58. The topological polar surface area (TPSA) is 32.3 Å². The van der Waals surface area contributed by atoms with Crippen LogP contribution in [0.1, 0.15) is 65.7 Å². The van der Waals surface area contributed by atoms with Gasteiger partial charge in [0.25, 0.3) is 0 Å². The number of nitrogens with zero attached hydrogens (tertiary/aromatic N) is 1. The summed E-state index contributed by atoms with van der Waals surface area (Å²) < 4.78 is 0. The Hall–Kier alpha value is -1.35. The molecule has 2 bridgehead atoms. The average Bonchev–Trinajstić information content (AvgIpc) is 3.14. The maximum absolute atomic E-state index is 13.3. The summed E-state index contributed by atoms with van der Waals surface area (Å²) in [5.74, 6) is 2.47. The molecule has 0 aliphatic heterocycles. The summed E-state index contributed by atoms with van der Waals surface area (Å²) in [7, 11) is 0. The summed E-state index contributed by atoms with van der Waals surface area (Å²) in [6.45, 7) is 7.72. The van der Waals surface area contributed by atoms with Crippen LogP contribution in [-0.2, 0) is 4.79 Å². The molecule has 0 radical (unpaired) electrons. The van der Waals surface area contributed by atoms with Gasteiger partial charge in [-0.15, -0.1) is 0 Å². The molecular weight excluding hydrogens is 332 g/mol. The number of para-hydroxylation sites is 1. The first-order valence-corrected chi connectivity index (χ1v) is 11.1. The third-order valence-corrected chi connectivity index (χ3v) is 7.79. The molecule has 1 amide bonds. The Morgan fingerprint density at radius 3 is 2.48 bits per heavy atom. The monoisotopic (exact) mass is 368 g/mol. The van der Waals surface area contributed by atoms with Gasteiger partial charge in [-0.2, -0.15) is 0 Å². The van der Waals surface area contributed by atoms with E-state index >= 15 is 0 Å². The van der Waals surface area contributed by atoms with Crippen molar-refractivity contribution in [3.05, 3.63) is 30.3 Å². The van der Waals surface area contributed by atoms with Crippen molar-refractivity contribution in [2.45, 2.75) is 77.8 Å². The Morgan fingerprint density at radius 2 is 1.85 bits per heavy atom. The number of fused-ring (bicyclic) bond motifs is 2. The molecule has 0 aromatic heterocycles. The molecule has 1 aromatic carbocycles. The number of carbonyl (C=O) groups is 1. The first kappa shape index (κ1) is 19.0. The maximum Gasteiger partial charge on any atom is 0.241 e. The second-order valence-electron chi connectivity index (χ2n) is 9.95. The first-order chi connectivity index (χ1) is 13.0. The van der Waals surface area contributed by atoms with Crippen LogP contribution in [0, 0.1) is 23.2 Å². The van der Waals surface area contributed by atoms with E-state index in [1.165, 1.54) is 32.1 Å². The molecule has 1 aromatic rings. The van der Waals surface area contributed by atoms with Gasteiger partial charge in [0.2, 0.25) is 5.91 Å². The van der Waals surface area contributed by atoms with Crippen molar-refractivity contribution in [1.29, 1.82) is 0 Å². The van der Waals surface area contributed by atoms with Gasteiger partial charge in [-0.25, -0.2) is 0 Å². The Morgan fingerprint density at radius 1 is 1.15 bits per heavy atom. The van der Waals surface area contributed by atoms with Crippen LogP contribution in [0.15, 0.2) is 30.3 Å². The fourth-order valence-corrected chi connectivity index (χ4v) is 6.56. The Kier molecular flexibility index (Phi) is 5.33. The van der Waals surface area contributed by atoms with Crippen LogP contribution >= 0.6 is 0 Å². The van der Waals surface area contributed by atoms with Gasteiger partial charge < -0.3 is 10.2 Å². The zero-order valence-electron chi connectivity index (χ0n) is 17.3. The standard InChI is InChI=1S/C24H36N2O/c1-17-21-14-18(15-24(21,2)3)23(17)25-16-22(27)26(19-10-6-4-7-11-19)20-12-8-5-9-13-20/h4,6-7,10-11,17-18,20-21,23,25H,5,8-9,12-16H2,1-3H3/t17-,18+,21+,23?/m1/s1. The summed E-state index contributed by atoms with van der Waals surface area (Å²) in [6.07, 6.45) is 8.72. The molecule has 148 valence electrons. The van der Waals surface area contributed by atoms with Gasteiger partial charge in [-0.3, -0.25) is 4.79 Å². The quantitative estimate of drug-likeness (QED) is 0.792. The van der Waals surface area contributed by atoms with E-state index in [2.05, 4.69) is 43.1 Å². The Balaban J connectivity index is 1.43. The van der Waals surface area contributed by atoms with Gasteiger partial charge in [-0.1, -0.05) is 58.2 Å². The number of amides is 1.